The fourth-order valence-corrected chi connectivity index (χ4v) is 2.30. The first-order valence-corrected chi connectivity index (χ1v) is 7.47. The Morgan fingerprint density at radius 1 is 1.35 bits per heavy atom. The van der Waals surface area contributed by atoms with Gasteiger partial charge in [-0.1, -0.05) is 25.1 Å². The molecule has 0 heterocycles. The molecule has 0 saturated heterocycles. The van der Waals surface area contributed by atoms with Crippen LogP contribution in [-0.4, -0.2) is 41.1 Å². The number of hydrogen-bond acceptors (Lipinski definition) is 4. The van der Waals surface area contributed by atoms with Crippen LogP contribution in [0, 0.1) is 0 Å². The van der Waals surface area contributed by atoms with Crippen LogP contribution in [0.2, 0.25) is 0 Å². The van der Waals surface area contributed by atoms with E-state index in [1.54, 1.807) is 6.92 Å². The van der Waals surface area contributed by atoms with E-state index in [4.69, 9.17) is 9.84 Å². The van der Waals surface area contributed by atoms with E-state index in [2.05, 4.69) is 5.32 Å². The second kappa shape index (κ2) is 9.25. The quantitative estimate of drug-likeness (QED) is 0.680. The Balaban J connectivity index is 2.13. The Morgan fingerprint density at radius 3 is 2.65 bits per heavy atom. The number of benzene rings is 1. The number of carboxylic acids is 1. The molecule has 6 heteroatoms. The number of hydrogen-bond donors (Lipinski definition) is 2. The van der Waals surface area contributed by atoms with Crippen LogP contribution in [0.25, 0.3) is 0 Å². The third-order valence-corrected chi connectivity index (χ3v) is 3.86. The summed E-state index contributed by atoms with van der Waals surface area (Å²) >= 11 is 1.14. The van der Waals surface area contributed by atoms with Crippen LogP contribution in [0.1, 0.15) is 13.3 Å². The monoisotopic (exact) mass is 297 g/mol. The number of amides is 1. The van der Waals surface area contributed by atoms with Gasteiger partial charge >= 0.3 is 5.97 Å². The molecule has 0 radical (unpaired) electrons. The van der Waals surface area contributed by atoms with Gasteiger partial charge in [0.15, 0.2) is 0 Å². The molecule has 1 atom stereocenters. The molecule has 1 amide bonds. The van der Waals surface area contributed by atoms with Crippen molar-refractivity contribution in [2.75, 3.05) is 18.9 Å². The Morgan fingerprint density at radius 2 is 2.05 bits per heavy atom. The van der Waals surface area contributed by atoms with Crippen molar-refractivity contribution in [1.82, 2.24) is 5.32 Å². The minimum absolute atomic E-state index is 0.149. The lowest BCUT2D eigenvalue weighted by Gasteiger charge is -2.10. The number of rotatable bonds is 9. The minimum atomic E-state index is -0.877. The predicted octanol–water partition coefficient (Wildman–Crippen LogP) is 1.78. The zero-order chi connectivity index (χ0) is 14.8. The molecule has 1 unspecified atom stereocenters. The predicted molar refractivity (Wildman–Crippen MR) is 79.1 cm³/mol. The molecule has 1 aromatic carbocycles. The highest BCUT2D eigenvalue weighted by Gasteiger charge is 2.16. The lowest BCUT2D eigenvalue weighted by Crippen LogP contribution is -2.30. The van der Waals surface area contributed by atoms with Crippen LogP contribution in [-0.2, 0) is 9.59 Å². The first-order chi connectivity index (χ1) is 9.63. The number of aliphatic carboxylic acids is 1. The molecule has 0 fully saturated rings. The van der Waals surface area contributed by atoms with E-state index in [-0.39, 0.29) is 11.7 Å². The van der Waals surface area contributed by atoms with Gasteiger partial charge in [0.2, 0.25) is 5.91 Å². The maximum Gasteiger partial charge on any atom is 0.316 e. The highest BCUT2D eigenvalue weighted by atomic mass is 32.2. The molecule has 0 saturated carbocycles. The number of carbonyl (C=O) groups excluding carboxylic acids is 1. The van der Waals surface area contributed by atoms with Crippen molar-refractivity contribution < 1.29 is 19.4 Å². The summed E-state index contributed by atoms with van der Waals surface area (Å²) in [5, 5.41) is 11.0. The van der Waals surface area contributed by atoms with E-state index in [0.717, 1.165) is 17.5 Å². The largest absolute Gasteiger partial charge is 0.492 e. The summed E-state index contributed by atoms with van der Waals surface area (Å²) in [7, 11) is 0. The van der Waals surface area contributed by atoms with Gasteiger partial charge < -0.3 is 15.2 Å². The van der Waals surface area contributed by atoms with Crippen molar-refractivity contribution in [2.24, 2.45) is 0 Å². The molecule has 0 bridgehead atoms. The van der Waals surface area contributed by atoms with Crippen molar-refractivity contribution in [2.45, 2.75) is 18.6 Å². The number of nitrogens with one attached hydrogen (secondary N) is 1. The van der Waals surface area contributed by atoms with Crippen LogP contribution in [0.15, 0.2) is 30.3 Å². The molecule has 0 aromatic heterocycles. The van der Waals surface area contributed by atoms with E-state index >= 15 is 0 Å². The molecule has 0 aliphatic carbocycles. The molecule has 5 nitrogen and oxygen atoms in total. The van der Waals surface area contributed by atoms with Crippen molar-refractivity contribution >= 4 is 23.6 Å². The van der Waals surface area contributed by atoms with E-state index in [1.165, 1.54) is 0 Å². The van der Waals surface area contributed by atoms with Gasteiger partial charge in [-0.15, -0.1) is 11.8 Å². The summed E-state index contributed by atoms with van der Waals surface area (Å²) in [6, 6.07) is 9.34. The Kier molecular flexibility index (Phi) is 7.57. The van der Waals surface area contributed by atoms with E-state index in [9.17, 15) is 9.59 Å². The Bertz CT molecular complexity index is 424. The molecule has 0 spiro atoms. The first-order valence-electron chi connectivity index (χ1n) is 6.42. The van der Waals surface area contributed by atoms with Gasteiger partial charge in [0, 0.05) is 0 Å². The summed E-state index contributed by atoms with van der Waals surface area (Å²) in [5.74, 6) is -0.145. The van der Waals surface area contributed by atoms with E-state index in [1.807, 2.05) is 30.3 Å². The highest BCUT2D eigenvalue weighted by molar-refractivity contribution is 8.01. The van der Waals surface area contributed by atoms with Crippen molar-refractivity contribution in [3.8, 4) is 5.75 Å². The zero-order valence-corrected chi connectivity index (χ0v) is 12.2. The molecule has 110 valence electrons. The maximum absolute atomic E-state index is 11.5. The van der Waals surface area contributed by atoms with Crippen molar-refractivity contribution in [3.05, 3.63) is 30.3 Å². The van der Waals surface area contributed by atoms with Crippen LogP contribution >= 0.6 is 11.8 Å². The maximum atomic E-state index is 11.5. The fraction of sp³-hybridized carbons (Fsp3) is 0.429. The average Bonchev–Trinajstić information content (AvgIpc) is 2.45. The van der Waals surface area contributed by atoms with Crippen LogP contribution in [0.3, 0.4) is 0 Å². The van der Waals surface area contributed by atoms with Crippen LogP contribution < -0.4 is 10.1 Å². The summed E-state index contributed by atoms with van der Waals surface area (Å²) in [4.78, 5) is 22.3. The van der Waals surface area contributed by atoms with Crippen LogP contribution in [0.5, 0.6) is 5.75 Å². The number of carboxylic acid groups (broad SMARTS) is 1. The number of para-hydroxylation sites is 1. The lowest BCUT2D eigenvalue weighted by atomic mass is 10.3. The third-order valence-electron chi connectivity index (χ3n) is 2.50. The Labute approximate surface area is 122 Å². The molecular weight excluding hydrogens is 278 g/mol. The van der Waals surface area contributed by atoms with Gasteiger partial charge in [0.05, 0.1) is 12.3 Å². The van der Waals surface area contributed by atoms with E-state index in [0.29, 0.717) is 19.6 Å². The second-order valence-corrected chi connectivity index (χ2v) is 5.25. The number of thioether (sulfide) groups is 1. The molecular formula is C14H19NO4S. The number of carbonyl (C=O) groups is 2. The molecule has 0 aliphatic rings. The van der Waals surface area contributed by atoms with Crippen molar-refractivity contribution in [1.29, 1.82) is 0 Å². The standard InChI is InChI=1S/C14H19NO4S/c1-2-12(14(17)18)20-10-13(16)15-8-9-19-11-6-4-3-5-7-11/h3-7,12H,2,8-10H2,1H3,(H,15,16)(H,17,18). The molecule has 0 aliphatic heterocycles. The summed E-state index contributed by atoms with van der Waals surface area (Å²) in [6.07, 6.45) is 0.504. The molecule has 1 aromatic rings. The zero-order valence-electron chi connectivity index (χ0n) is 11.4. The SMILES string of the molecule is CCC(SCC(=O)NCCOc1ccccc1)C(=O)O. The van der Waals surface area contributed by atoms with Gasteiger partial charge in [-0.05, 0) is 18.6 Å². The van der Waals surface area contributed by atoms with Gasteiger partial charge in [-0.2, -0.15) is 0 Å². The number of ether oxygens (including phenoxy) is 1. The summed E-state index contributed by atoms with van der Waals surface area (Å²) in [6.45, 7) is 2.58. The second-order valence-electron chi connectivity index (χ2n) is 4.06. The van der Waals surface area contributed by atoms with Gasteiger partial charge in [-0.3, -0.25) is 9.59 Å². The lowest BCUT2D eigenvalue weighted by molar-refractivity contribution is -0.136. The van der Waals surface area contributed by atoms with Gasteiger partial charge in [-0.25, -0.2) is 0 Å². The summed E-state index contributed by atoms with van der Waals surface area (Å²) in [5.41, 5.74) is 0. The van der Waals surface area contributed by atoms with Crippen molar-refractivity contribution in [3.63, 3.8) is 0 Å². The Hall–Kier alpha value is -1.69. The fourth-order valence-electron chi connectivity index (χ4n) is 1.47. The van der Waals surface area contributed by atoms with E-state index < -0.39 is 11.2 Å². The normalized spacial score (nSPS) is 11.7. The summed E-state index contributed by atoms with van der Waals surface area (Å²) < 4.78 is 5.43. The molecule has 1 rings (SSSR count). The smallest absolute Gasteiger partial charge is 0.316 e. The average molecular weight is 297 g/mol. The highest BCUT2D eigenvalue weighted by Crippen LogP contribution is 2.14. The minimum Gasteiger partial charge on any atom is -0.492 e. The molecule has 20 heavy (non-hydrogen) atoms. The molecule has 2 N–H and O–H groups in total. The topological polar surface area (TPSA) is 75.6 Å². The first kappa shape index (κ1) is 16.4. The van der Waals surface area contributed by atoms with Crippen LogP contribution in [0.4, 0.5) is 0 Å². The van der Waals surface area contributed by atoms with Gasteiger partial charge in [0.1, 0.15) is 17.6 Å². The third kappa shape index (κ3) is 6.47. The van der Waals surface area contributed by atoms with Gasteiger partial charge in [0.25, 0.3) is 0 Å².